The van der Waals surface area contributed by atoms with E-state index in [1.807, 2.05) is 6.07 Å². The van der Waals surface area contributed by atoms with Crippen LogP contribution in [0.15, 0.2) is 42.5 Å². The second kappa shape index (κ2) is 6.98. The molecule has 0 spiro atoms. The van der Waals surface area contributed by atoms with E-state index in [0.29, 0.717) is 22.0 Å². The summed E-state index contributed by atoms with van der Waals surface area (Å²) >= 11 is 11.8. The first-order valence-corrected chi connectivity index (χ1v) is 6.72. The van der Waals surface area contributed by atoms with E-state index in [9.17, 15) is 4.79 Å². The number of carbonyl (C=O) groups excluding carboxylic acids is 1. The summed E-state index contributed by atoms with van der Waals surface area (Å²) < 4.78 is 5.31. The van der Waals surface area contributed by atoms with Crippen LogP contribution in [0.3, 0.4) is 0 Å². The lowest BCUT2D eigenvalue weighted by molar-refractivity contribution is -0.118. The fourth-order valence-corrected chi connectivity index (χ4v) is 1.91. The first kappa shape index (κ1) is 15.2. The lowest BCUT2D eigenvalue weighted by Crippen LogP contribution is -2.20. The molecule has 0 radical (unpaired) electrons. The molecule has 0 saturated heterocycles. The Morgan fingerprint density at radius 3 is 2.57 bits per heavy atom. The summed E-state index contributed by atoms with van der Waals surface area (Å²) in [7, 11) is 0. The molecule has 0 aliphatic carbocycles. The fourth-order valence-electron chi connectivity index (χ4n) is 1.56. The third kappa shape index (κ3) is 4.12. The molecule has 6 heteroatoms. The Morgan fingerprint density at radius 1 is 1.19 bits per heavy atom. The Kier molecular flexibility index (Phi) is 5.04. The van der Waals surface area contributed by atoms with Gasteiger partial charge < -0.3 is 10.1 Å². The molecule has 0 aliphatic heterocycles. The summed E-state index contributed by atoms with van der Waals surface area (Å²) in [6.07, 6.45) is 0. The number of halogens is 2. The molecule has 0 saturated carbocycles. The Bertz CT molecular complexity index is 694. The number of anilines is 1. The summed E-state index contributed by atoms with van der Waals surface area (Å²) in [6, 6.07) is 13.4. The molecule has 2 rings (SSSR count). The molecule has 2 aromatic rings. The van der Waals surface area contributed by atoms with Gasteiger partial charge in [-0.15, -0.1) is 0 Å². The van der Waals surface area contributed by atoms with Gasteiger partial charge in [0.25, 0.3) is 5.91 Å². The number of carbonyl (C=O) groups is 1. The molecule has 1 amide bonds. The second-order valence-corrected chi connectivity index (χ2v) is 4.86. The van der Waals surface area contributed by atoms with Gasteiger partial charge in [-0.1, -0.05) is 29.3 Å². The van der Waals surface area contributed by atoms with E-state index in [1.165, 1.54) is 0 Å². The van der Waals surface area contributed by atoms with Gasteiger partial charge in [-0.25, -0.2) is 0 Å². The number of ether oxygens (including phenoxy) is 1. The van der Waals surface area contributed by atoms with Crippen molar-refractivity contribution < 1.29 is 9.53 Å². The Morgan fingerprint density at radius 2 is 1.90 bits per heavy atom. The third-order valence-electron chi connectivity index (χ3n) is 2.58. The van der Waals surface area contributed by atoms with E-state index in [1.54, 1.807) is 42.5 Å². The van der Waals surface area contributed by atoms with Crippen LogP contribution < -0.4 is 10.1 Å². The fraction of sp³-hybridized carbons (Fsp3) is 0.0667. The normalized spacial score (nSPS) is 9.76. The van der Waals surface area contributed by atoms with E-state index in [4.69, 9.17) is 33.2 Å². The Labute approximate surface area is 131 Å². The number of nitrogens with zero attached hydrogens (tertiary/aromatic N) is 1. The molecule has 0 aromatic heterocycles. The van der Waals surface area contributed by atoms with E-state index in [0.717, 1.165) is 0 Å². The van der Waals surface area contributed by atoms with Gasteiger partial charge >= 0.3 is 0 Å². The molecule has 106 valence electrons. The maximum absolute atomic E-state index is 11.8. The zero-order valence-electron chi connectivity index (χ0n) is 10.8. The maximum Gasteiger partial charge on any atom is 0.262 e. The first-order valence-electron chi connectivity index (χ1n) is 5.97. The molecule has 0 fully saturated rings. The van der Waals surface area contributed by atoms with Crippen molar-refractivity contribution >= 4 is 34.8 Å². The monoisotopic (exact) mass is 320 g/mol. The van der Waals surface area contributed by atoms with Crippen LogP contribution in [-0.4, -0.2) is 12.5 Å². The predicted molar refractivity (Wildman–Crippen MR) is 81.7 cm³/mol. The molecule has 2 aromatic carbocycles. The van der Waals surface area contributed by atoms with Crippen LogP contribution in [0.1, 0.15) is 5.56 Å². The standard InChI is InChI=1S/C15H10Cl2N2O2/c16-12-2-1-3-13(15(12)17)19-14(20)9-21-11-6-4-10(8-18)5-7-11/h1-7H,9H2,(H,19,20). The molecule has 0 bridgehead atoms. The molecule has 4 nitrogen and oxygen atoms in total. The zero-order valence-corrected chi connectivity index (χ0v) is 12.3. The van der Waals surface area contributed by atoms with Crippen LogP contribution in [-0.2, 0) is 4.79 Å². The molecule has 0 unspecified atom stereocenters. The van der Waals surface area contributed by atoms with Crippen molar-refractivity contribution in [1.29, 1.82) is 5.26 Å². The van der Waals surface area contributed by atoms with Gasteiger partial charge in [0.2, 0.25) is 0 Å². The van der Waals surface area contributed by atoms with Gasteiger partial charge in [0, 0.05) is 0 Å². The zero-order chi connectivity index (χ0) is 15.2. The largest absolute Gasteiger partial charge is 0.484 e. The van der Waals surface area contributed by atoms with Crippen molar-refractivity contribution in [2.24, 2.45) is 0 Å². The molecule has 0 aliphatic rings. The highest BCUT2D eigenvalue weighted by atomic mass is 35.5. The molecule has 0 heterocycles. The third-order valence-corrected chi connectivity index (χ3v) is 3.40. The summed E-state index contributed by atoms with van der Waals surface area (Å²) in [6.45, 7) is -0.172. The molecular weight excluding hydrogens is 311 g/mol. The van der Waals surface area contributed by atoms with E-state index < -0.39 is 0 Å². The minimum absolute atomic E-state index is 0.172. The lowest BCUT2D eigenvalue weighted by atomic mass is 10.2. The van der Waals surface area contributed by atoms with Gasteiger partial charge in [-0.05, 0) is 36.4 Å². The number of hydrogen-bond donors (Lipinski definition) is 1. The lowest BCUT2D eigenvalue weighted by Gasteiger charge is -2.09. The van der Waals surface area contributed by atoms with Gasteiger partial charge in [-0.3, -0.25) is 4.79 Å². The summed E-state index contributed by atoms with van der Waals surface area (Å²) in [5.74, 6) is 0.143. The van der Waals surface area contributed by atoms with Crippen LogP contribution in [0, 0.1) is 11.3 Å². The van der Waals surface area contributed by atoms with Crippen molar-refractivity contribution in [3.63, 3.8) is 0 Å². The highest BCUT2D eigenvalue weighted by Gasteiger charge is 2.08. The number of amides is 1. The summed E-state index contributed by atoms with van der Waals surface area (Å²) in [5.41, 5.74) is 0.954. The van der Waals surface area contributed by atoms with Crippen molar-refractivity contribution in [1.82, 2.24) is 0 Å². The number of nitriles is 1. The molecule has 1 N–H and O–H groups in total. The highest BCUT2D eigenvalue weighted by molar-refractivity contribution is 6.43. The Balaban J connectivity index is 1.93. The van der Waals surface area contributed by atoms with Crippen LogP contribution in [0.2, 0.25) is 10.0 Å². The van der Waals surface area contributed by atoms with Gasteiger partial charge in [0.15, 0.2) is 6.61 Å². The minimum atomic E-state index is -0.358. The SMILES string of the molecule is N#Cc1ccc(OCC(=O)Nc2cccc(Cl)c2Cl)cc1. The van der Waals surface area contributed by atoms with Crippen LogP contribution in [0.5, 0.6) is 5.75 Å². The van der Waals surface area contributed by atoms with Crippen LogP contribution >= 0.6 is 23.2 Å². The molecule has 21 heavy (non-hydrogen) atoms. The van der Waals surface area contributed by atoms with E-state index in [-0.39, 0.29) is 17.5 Å². The summed E-state index contributed by atoms with van der Waals surface area (Å²) in [5, 5.41) is 11.9. The molecule has 0 atom stereocenters. The predicted octanol–water partition coefficient (Wildman–Crippen LogP) is 3.88. The van der Waals surface area contributed by atoms with Crippen molar-refractivity contribution in [3.05, 3.63) is 58.1 Å². The maximum atomic E-state index is 11.8. The topological polar surface area (TPSA) is 62.1 Å². The molecular formula is C15H10Cl2N2O2. The minimum Gasteiger partial charge on any atom is -0.484 e. The summed E-state index contributed by atoms with van der Waals surface area (Å²) in [4.78, 5) is 11.8. The number of rotatable bonds is 4. The van der Waals surface area contributed by atoms with Crippen molar-refractivity contribution in [2.75, 3.05) is 11.9 Å². The van der Waals surface area contributed by atoms with Gasteiger partial charge in [0.1, 0.15) is 5.75 Å². The van der Waals surface area contributed by atoms with Gasteiger partial charge in [0.05, 0.1) is 27.4 Å². The van der Waals surface area contributed by atoms with Crippen LogP contribution in [0.25, 0.3) is 0 Å². The quantitative estimate of drug-likeness (QED) is 0.929. The second-order valence-electron chi connectivity index (χ2n) is 4.07. The number of hydrogen-bond acceptors (Lipinski definition) is 3. The number of benzene rings is 2. The highest BCUT2D eigenvalue weighted by Crippen LogP contribution is 2.29. The Hall–Kier alpha value is -2.22. The van der Waals surface area contributed by atoms with E-state index in [2.05, 4.69) is 5.32 Å². The smallest absolute Gasteiger partial charge is 0.262 e. The average molecular weight is 321 g/mol. The van der Waals surface area contributed by atoms with Crippen molar-refractivity contribution in [2.45, 2.75) is 0 Å². The van der Waals surface area contributed by atoms with Crippen molar-refractivity contribution in [3.8, 4) is 11.8 Å². The van der Waals surface area contributed by atoms with Crippen LogP contribution in [0.4, 0.5) is 5.69 Å². The first-order chi connectivity index (χ1) is 10.1. The average Bonchev–Trinajstić information content (AvgIpc) is 2.50. The number of nitrogens with one attached hydrogen (secondary N) is 1. The van der Waals surface area contributed by atoms with Gasteiger partial charge in [-0.2, -0.15) is 5.26 Å². The van der Waals surface area contributed by atoms with E-state index >= 15 is 0 Å².